The fourth-order valence-electron chi connectivity index (χ4n) is 1.43. The van der Waals surface area contributed by atoms with E-state index in [2.05, 4.69) is 32.6 Å². The van der Waals surface area contributed by atoms with Crippen molar-refractivity contribution >= 4 is 37.6 Å². The lowest BCUT2D eigenvalue weighted by molar-refractivity contribution is 0.573. The normalized spacial score (nSPS) is 11.7. The molecular formula is C11H16BrClN2O2S. The Morgan fingerprint density at radius 1 is 1.39 bits per heavy atom. The molecule has 0 aliphatic rings. The average Bonchev–Trinajstić information content (AvgIpc) is 2.32. The second-order valence-electron chi connectivity index (χ2n) is 3.90. The lowest BCUT2D eigenvalue weighted by Gasteiger charge is -2.08. The molecule has 0 saturated carbocycles. The first-order valence-corrected chi connectivity index (χ1v) is 8.43. The van der Waals surface area contributed by atoms with Crippen LogP contribution in [0.4, 0.5) is 0 Å². The number of unbranched alkanes of at least 4 members (excludes halogenated alkanes) is 3. The quantitative estimate of drug-likeness (QED) is 0.602. The third-order valence-electron chi connectivity index (χ3n) is 2.39. The lowest BCUT2D eigenvalue weighted by Crippen LogP contribution is -2.25. The van der Waals surface area contributed by atoms with Gasteiger partial charge in [0.15, 0.2) is 0 Å². The molecule has 0 bridgehead atoms. The minimum Gasteiger partial charge on any atom is -0.242 e. The van der Waals surface area contributed by atoms with Crippen molar-refractivity contribution in [1.29, 1.82) is 0 Å². The summed E-state index contributed by atoms with van der Waals surface area (Å²) in [5, 5.41) is -0.0146. The molecule has 0 spiro atoms. The van der Waals surface area contributed by atoms with Crippen molar-refractivity contribution in [3.63, 3.8) is 0 Å². The Hall–Kier alpha value is -0.170. The van der Waals surface area contributed by atoms with Crippen LogP contribution in [0.2, 0.25) is 5.15 Å². The summed E-state index contributed by atoms with van der Waals surface area (Å²) in [6.45, 7) is 2.53. The molecule has 0 aliphatic carbocycles. The van der Waals surface area contributed by atoms with Crippen molar-refractivity contribution in [3.8, 4) is 0 Å². The topological polar surface area (TPSA) is 59.1 Å². The van der Waals surface area contributed by atoms with Crippen LogP contribution in [0.25, 0.3) is 0 Å². The van der Waals surface area contributed by atoms with Crippen molar-refractivity contribution in [2.45, 2.75) is 37.5 Å². The van der Waals surface area contributed by atoms with Gasteiger partial charge in [0.1, 0.15) is 10.0 Å². The molecule has 4 nitrogen and oxygen atoms in total. The van der Waals surface area contributed by atoms with Gasteiger partial charge in [-0.3, -0.25) is 0 Å². The van der Waals surface area contributed by atoms with Gasteiger partial charge in [-0.1, -0.05) is 37.8 Å². The number of hydrogen-bond acceptors (Lipinski definition) is 3. The molecule has 0 radical (unpaired) electrons. The summed E-state index contributed by atoms with van der Waals surface area (Å²) < 4.78 is 27.1. The predicted molar refractivity (Wildman–Crippen MR) is 76.3 cm³/mol. The Morgan fingerprint density at radius 3 is 2.78 bits per heavy atom. The first kappa shape index (κ1) is 15.9. The third-order valence-corrected chi connectivity index (χ3v) is 4.71. The summed E-state index contributed by atoms with van der Waals surface area (Å²) in [7, 11) is -3.58. The minimum atomic E-state index is -3.58. The molecule has 0 saturated heterocycles. The highest BCUT2D eigenvalue weighted by Gasteiger charge is 2.18. The van der Waals surface area contributed by atoms with Crippen molar-refractivity contribution in [3.05, 3.63) is 21.9 Å². The summed E-state index contributed by atoms with van der Waals surface area (Å²) in [6, 6.07) is 1.45. The molecule has 18 heavy (non-hydrogen) atoms. The Labute approximate surface area is 121 Å². The molecule has 0 aromatic carbocycles. The van der Waals surface area contributed by atoms with Crippen LogP contribution < -0.4 is 4.72 Å². The lowest BCUT2D eigenvalue weighted by atomic mass is 10.2. The summed E-state index contributed by atoms with van der Waals surface area (Å²) in [5.41, 5.74) is 0. The maximum Gasteiger partial charge on any atom is 0.243 e. The number of aromatic nitrogens is 1. The van der Waals surface area contributed by atoms with E-state index in [1.165, 1.54) is 12.3 Å². The number of pyridine rings is 1. The molecule has 0 unspecified atom stereocenters. The van der Waals surface area contributed by atoms with Gasteiger partial charge in [-0.05, 0) is 28.4 Å². The Morgan fingerprint density at radius 2 is 2.11 bits per heavy atom. The Balaban J connectivity index is 2.66. The number of hydrogen-bond donors (Lipinski definition) is 1. The van der Waals surface area contributed by atoms with E-state index in [0.717, 1.165) is 25.7 Å². The van der Waals surface area contributed by atoms with E-state index in [1.807, 2.05) is 0 Å². The Kier molecular flexibility index (Phi) is 6.55. The van der Waals surface area contributed by atoms with E-state index in [4.69, 9.17) is 11.6 Å². The van der Waals surface area contributed by atoms with Crippen molar-refractivity contribution in [2.24, 2.45) is 0 Å². The molecule has 7 heteroatoms. The van der Waals surface area contributed by atoms with E-state index in [-0.39, 0.29) is 10.0 Å². The number of sulfonamides is 1. The number of nitrogens with one attached hydrogen (secondary N) is 1. The van der Waals surface area contributed by atoms with Gasteiger partial charge in [-0.15, -0.1) is 0 Å². The zero-order valence-electron chi connectivity index (χ0n) is 10.1. The number of halogens is 2. The second kappa shape index (κ2) is 7.43. The van der Waals surface area contributed by atoms with E-state index in [9.17, 15) is 8.42 Å². The van der Waals surface area contributed by atoms with Crippen LogP contribution in [0, 0.1) is 0 Å². The molecule has 1 rings (SSSR count). The maximum absolute atomic E-state index is 12.0. The fraction of sp³-hybridized carbons (Fsp3) is 0.545. The van der Waals surface area contributed by atoms with Crippen LogP contribution in [0.3, 0.4) is 0 Å². The highest BCUT2D eigenvalue weighted by Crippen LogP contribution is 2.22. The Bertz CT molecular complexity index is 494. The maximum atomic E-state index is 12.0. The van der Waals surface area contributed by atoms with Crippen LogP contribution in [-0.4, -0.2) is 19.9 Å². The smallest absolute Gasteiger partial charge is 0.242 e. The molecule has 0 amide bonds. The van der Waals surface area contributed by atoms with Crippen molar-refractivity contribution in [1.82, 2.24) is 9.71 Å². The first-order chi connectivity index (χ1) is 8.47. The van der Waals surface area contributed by atoms with Gasteiger partial charge in [0.25, 0.3) is 0 Å². The van der Waals surface area contributed by atoms with Gasteiger partial charge in [-0.2, -0.15) is 0 Å². The second-order valence-corrected chi connectivity index (χ2v) is 6.91. The molecule has 1 aromatic rings. The van der Waals surface area contributed by atoms with Crippen LogP contribution in [0.5, 0.6) is 0 Å². The summed E-state index contributed by atoms with van der Waals surface area (Å²) in [5.74, 6) is 0. The van der Waals surface area contributed by atoms with Gasteiger partial charge >= 0.3 is 0 Å². The van der Waals surface area contributed by atoms with E-state index < -0.39 is 10.0 Å². The average molecular weight is 356 g/mol. The zero-order valence-corrected chi connectivity index (χ0v) is 13.3. The van der Waals surface area contributed by atoms with Gasteiger partial charge in [0, 0.05) is 17.2 Å². The van der Waals surface area contributed by atoms with E-state index in [1.54, 1.807) is 0 Å². The van der Waals surface area contributed by atoms with E-state index >= 15 is 0 Å². The molecule has 1 N–H and O–H groups in total. The predicted octanol–water partition coefficient (Wildman–Crippen LogP) is 3.36. The summed E-state index contributed by atoms with van der Waals surface area (Å²) >= 11 is 8.97. The molecule has 0 fully saturated rings. The number of nitrogens with zero attached hydrogens (tertiary/aromatic N) is 1. The molecular weight excluding hydrogens is 340 g/mol. The molecule has 1 heterocycles. The van der Waals surface area contributed by atoms with Crippen LogP contribution in [-0.2, 0) is 10.0 Å². The van der Waals surface area contributed by atoms with Gasteiger partial charge in [0.2, 0.25) is 10.0 Å². The SMILES string of the molecule is CCCCCCNS(=O)(=O)c1cc(Br)cnc1Cl. The highest BCUT2D eigenvalue weighted by molar-refractivity contribution is 9.10. The zero-order chi connectivity index (χ0) is 13.6. The summed E-state index contributed by atoms with van der Waals surface area (Å²) in [6.07, 6.45) is 5.53. The van der Waals surface area contributed by atoms with Crippen LogP contribution >= 0.6 is 27.5 Å². The van der Waals surface area contributed by atoms with Gasteiger partial charge in [0.05, 0.1) is 0 Å². The van der Waals surface area contributed by atoms with Crippen molar-refractivity contribution < 1.29 is 8.42 Å². The highest BCUT2D eigenvalue weighted by atomic mass is 79.9. The third kappa shape index (κ3) is 4.84. The standard InChI is InChI=1S/C11H16BrClN2O2S/c1-2-3-4-5-6-15-18(16,17)10-7-9(12)8-14-11(10)13/h7-8,15H,2-6H2,1H3. The molecule has 1 aromatic heterocycles. The minimum absolute atomic E-state index is 0.00836. The van der Waals surface area contributed by atoms with Crippen molar-refractivity contribution in [2.75, 3.05) is 6.54 Å². The van der Waals surface area contributed by atoms with Crippen LogP contribution in [0.1, 0.15) is 32.6 Å². The fourth-order valence-corrected chi connectivity index (χ4v) is 3.44. The number of rotatable bonds is 7. The first-order valence-electron chi connectivity index (χ1n) is 5.78. The van der Waals surface area contributed by atoms with Crippen LogP contribution in [0.15, 0.2) is 21.6 Å². The summed E-state index contributed by atoms with van der Waals surface area (Å²) in [4.78, 5) is 3.81. The monoisotopic (exact) mass is 354 g/mol. The van der Waals surface area contributed by atoms with Gasteiger partial charge < -0.3 is 0 Å². The molecule has 0 aliphatic heterocycles. The largest absolute Gasteiger partial charge is 0.243 e. The molecule has 0 atom stereocenters. The van der Waals surface area contributed by atoms with E-state index in [0.29, 0.717) is 11.0 Å². The van der Waals surface area contributed by atoms with Gasteiger partial charge in [-0.25, -0.2) is 18.1 Å². The molecule has 102 valence electrons.